The van der Waals surface area contributed by atoms with Crippen LogP contribution >= 0.6 is 0 Å². The van der Waals surface area contributed by atoms with E-state index in [1.165, 1.54) is 7.11 Å². The first kappa shape index (κ1) is 12.5. The van der Waals surface area contributed by atoms with E-state index < -0.39 is 0 Å². The number of hydrogen-bond donors (Lipinski definition) is 0. The van der Waals surface area contributed by atoms with Gasteiger partial charge in [-0.2, -0.15) is 0 Å². The number of carbonyl (C=O) groups excluding carboxylic acids is 1. The van der Waals surface area contributed by atoms with Crippen LogP contribution in [0, 0.1) is 17.3 Å². The molecule has 15 heavy (non-hydrogen) atoms. The Morgan fingerprint density at radius 2 is 2.07 bits per heavy atom. The van der Waals surface area contributed by atoms with Crippen molar-refractivity contribution in [1.82, 2.24) is 0 Å². The summed E-state index contributed by atoms with van der Waals surface area (Å²) >= 11 is 0. The SMILES string of the molecule is COC(=O)C(CC(C)C)CC1(C)COC1. The fourth-order valence-corrected chi connectivity index (χ4v) is 2.16. The number of methoxy groups -OCH3 is 1. The summed E-state index contributed by atoms with van der Waals surface area (Å²) in [7, 11) is 1.47. The van der Waals surface area contributed by atoms with E-state index in [9.17, 15) is 4.79 Å². The molecule has 0 aliphatic carbocycles. The standard InChI is InChI=1S/C12H22O3/c1-9(2)5-10(11(13)14-4)6-12(3)7-15-8-12/h9-10H,5-8H2,1-4H3. The zero-order valence-corrected chi connectivity index (χ0v) is 10.2. The molecule has 1 aliphatic heterocycles. The second-order valence-electron chi connectivity index (χ2n) is 5.36. The van der Waals surface area contributed by atoms with Gasteiger partial charge >= 0.3 is 5.97 Å². The summed E-state index contributed by atoms with van der Waals surface area (Å²) in [6.45, 7) is 8.00. The first-order valence-corrected chi connectivity index (χ1v) is 5.62. The molecule has 0 bridgehead atoms. The van der Waals surface area contributed by atoms with Gasteiger partial charge in [-0.05, 0) is 18.8 Å². The van der Waals surface area contributed by atoms with Gasteiger partial charge in [0.25, 0.3) is 0 Å². The Hall–Kier alpha value is -0.570. The Kier molecular flexibility index (Phi) is 4.14. The quantitative estimate of drug-likeness (QED) is 0.658. The third-order valence-electron chi connectivity index (χ3n) is 2.93. The van der Waals surface area contributed by atoms with Crippen LogP contribution in [0.3, 0.4) is 0 Å². The smallest absolute Gasteiger partial charge is 0.308 e. The van der Waals surface area contributed by atoms with Gasteiger partial charge in [-0.15, -0.1) is 0 Å². The molecular weight excluding hydrogens is 192 g/mol. The van der Waals surface area contributed by atoms with Crippen molar-refractivity contribution in [2.75, 3.05) is 20.3 Å². The molecule has 1 unspecified atom stereocenters. The third-order valence-corrected chi connectivity index (χ3v) is 2.93. The molecule has 1 aliphatic rings. The van der Waals surface area contributed by atoms with Gasteiger partial charge in [-0.25, -0.2) is 0 Å². The molecule has 0 aromatic heterocycles. The highest BCUT2D eigenvalue weighted by Gasteiger charge is 2.38. The summed E-state index contributed by atoms with van der Waals surface area (Å²) in [4.78, 5) is 11.6. The highest BCUT2D eigenvalue weighted by Crippen LogP contribution is 2.36. The van der Waals surface area contributed by atoms with Crippen LogP contribution in [0.4, 0.5) is 0 Å². The average Bonchev–Trinajstić information content (AvgIpc) is 2.12. The van der Waals surface area contributed by atoms with E-state index >= 15 is 0 Å². The van der Waals surface area contributed by atoms with Crippen molar-refractivity contribution in [3.05, 3.63) is 0 Å². The normalized spacial score (nSPS) is 20.9. The maximum Gasteiger partial charge on any atom is 0.308 e. The number of carbonyl (C=O) groups is 1. The number of ether oxygens (including phenoxy) is 2. The molecule has 1 atom stereocenters. The number of rotatable bonds is 5. The molecule has 88 valence electrons. The van der Waals surface area contributed by atoms with Crippen molar-refractivity contribution in [2.24, 2.45) is 17.3 Å². The molecule has 1 fully saturated rings. The van der Waals surface area contributed by atoms with Gasteiger partial charge < -0.3 is 9.47 Å². The summed E-state index contributed by atoms with van der Waals surface area (Å²) in [6, 6.07) is 0. The van der Waals surface area contributed by atoms with E-state index in [-0.39, 0.29) is 17.3 Å². The van der Waals surface area contributed by atoms with Crippen molar-refractivity contribution >= 4 is 5.97 Å². The maximum atomic E-state index is 11.6. The minimum atomic E-state index is -0.0724. The highest BCUT2D eigenvalue weighted by molar-refractivity contribution is 5.72. The lowest BCUT2D eigenvalue weighted by Crippen LogP contribution is -2.42. The van der Waals surface area contributed by atoms with Crippen molar-refractivity contribution in [1.29, 1.82) is 0 Å². The molecule has 1 saturated heterocycles. The van der Waals surface area contributed by atoms with E-state index in [1.807, 2.05) is 0 Å². The molecule has 0 radical (unpaired) electrons. The van der Waals surface area contributed by atoms with Crippen LogP contribution < -0.4 is 0 Å². The number of esters is 1. The topological polar surface area (TPSA) is 35.5 Å². The first-order chi connectivity index (χ1) is 6.97. The zero-order chi connectivity index (χ0) is 11.5. The summed E-state index contributed by atoms with van der Waals surface area (Å²) in [5.74, 6) is 0.486. The van der Waals surface area contributed by atoms with E-state index in [4.69, 9.17) is 9.47 Å². The van der Waals surface area contributed by atoms with Crippen molar-refractivity contribution < 1.29 is 14.3 Å². The highest BCUT2D eigenvalue weighted by atomic mass is 16.5. The van der Waals surface area contributed by atoms with Gasteiger partial charge in [0.1, 0.15) is 0 Å². The van der Waals surface area contributed by atoms with Crippen LogP contribution in [0.1, 0.15) is 33.6 Å². The van der Waals surface area contributed by atoms with Crippen LogP contribution in [0.15, 0.2) is 0 Å². The Bertz CT molecular complexity index is 219. The Balaban J connectivity index is 2.51. The molecule has 1 heterocycles. The Morgan fingerprint density at radius 3 is 2.40 bits per heavy atom. The predicted octanol–water partition coefficient (Wildman–Crippen LogP) is 2.25. The van der Waals surface area contributed by atoms with Crippen molar-refractivity contribution in [3.8, 4) is 0 Å². The molecule has 3 heteroatoms. The molecule has 0 saturated carbocycles. The lowest BCUT2D eigenvalue weighted by molar-refractivity contribution is -0.154. The fraction of sp³-hybridized carbons (Fsp3) is 0.917. The second-order valence-corrected chi connectivity index (χ2v) is 5.36. The van der Waals surface area contributed by atoms with Crippen LogP contribution in [0.5, 0.6) is 0 Å². The summed E-state index contributed by atoms with van der Waals surface area (Å²) in [6.07, 6.45) is 1.79. The summed E-state index contributed by atoms with van der Waals surface area (Å²) in [5.41, 5.74) is 0.188. The number of hydrogen-bond acceptors (Lipinski definition) is 3. The Morgan fingerprint density at radius 1 is 1.47 bits per heavy atom. The summed E-state index contributed by atoms with van der Waals surface area (Å²) in [5, 5.41) is 0. The van der Waals surface area contributed by atoms with E-state index in [2.05, 4.69) is 20.8 Å². The van der Waals surface area contributed by atoms with Gasteiger partial charge in [-0.1, -0.05) is 20.8 Å². The van der Waals surface area contributed by atoms with Crippen LogP contribution in [0.25, 0.3) is 0 Å². The molecule has 3 nitrogen and oxygen atoms in total. The van der Waals surface area contributed by atoms with E-state index in [0.717, 1.165) is 26.1 Å². The molecule has 0 aromatic carbocycles. The zero-order valence-electron chi connectivity index (χ0n) is 10.2. The molecular formula is C12H22O3. The van der Waals surface area contributed by atoms with Gasteiger partial charge in [0, 0.05) is 5.41 Å². The minimum absolute atomic E-state index is 0.0314. The third kappa shape index (κ3) is 3.49. The van der Waals surface area contributed by atoms with Crippen LogP contribution in [-0.4, -0.2) is 26.3 Å². The largest absolute Gasteiger partial charge is 0.469 e. The van der Waals surface area contributed by atoms with Gasteiger partial charge in [0.15, 0.2) is 0 Å². The molecule has 0 spiro atoms. The fourth-order valence-electron chi connectivity index (χ4n) is 2.16. The van der Waals surface area contributed by atoms with Crippen molar-refractivity contribution in [3.63, 3.8) is 0 Å². The summed E-state index contributed by atoms with van der Waals surface area (Å²) < 4.78 is 10.1. The van der Waals surface area contributed by atoms with E-state index in [0.29, 0.717) is 5.92 Å². The molecule has 0 amide bonds. The van der Waals surface area contributed by atoms with E-state index in [1.54, 1.807) is 0 Å². The maximum absolute atomic E-state index is 11.6. The lowest BCUT2D eigenvalue weighted by atomic mass is 9.77. The van der Waals surface area contributed by atoms with Gasteiger partial charge in [-0.3, -0.25) is 4.79 Å². The van der Waals surface area contributed by atoms with Crippen LogP contribution in [0.2, 0.25) is 0 Å². The van der Waals surface area contributed by atoms with Crippen molar-refractivity contribution in [2.45, 2.75) is 33.6 Å². The van der Waals surface area contributed by atoms with Gasteiger partial charge in [0.2, 0.25) is 0 Å². The minimum Gasteiger partial charge on any atom is -0.469 e. The van der Waals surface area contributed by atoms with Gasteiger partial charge in [0.05, 0.1) is 26.2 Å². The molecule has 0 aromatic rings. The first-order valence-electron chi connectivity index (χ1n) is 5.62. The Labute approximate surface area is 92.1 Å². The second kappa shape index (κ2) is 4.97. The average molecular weight is 214 g/mol. The molecule has 1 rings (SSSR count). The molecule has 0 N–H and O–H groups in total. The monoisotopic (exact) mass is 214 g/mol. The lowest BCUT2D eigenvalue weighted by Gasteiger charge is -2.40. The predicted molar refractivity (Wildman–Crippen MR) is 58.5 cm³/mol. The van der Waals surface area contributed by atoms with Crippen LogP contribution in [-0.2, 0) is 14.3 Å².